The number of thiophene rings is 2. The molecule has 3 heterocycles. The Kier molecular flexibility index (Phi) is 6.13. The van der Waals surface area contributed by atoms with E-state index >= 15 is 0 Å². The van der Waals surface area contributed by atoms with E-state index in [0.717, 1.165) is 51.2 Å². The summed E-state index contributed by atoms with van der Waals surface area (Å²) in [7, 11) is 0. The Morgan fingerprint density at radius 2 is 2.14 bits per heavy atom. The second-order valence-corrected chi connectivity index (χ2v) is 11.1. The molecule has 0 aliphatic heterocycles. The third-order valence-electron chi connectivity index (χ3n) is 5.56. The maximum Gasteiger partial charge on any atom is 0.263 e. The molecule has 1 atom stereocenters. The van der Waals surface area contributed by atoms with Gasteiger partial charge in [-0.1, -0.05) is 30.7 Å². The van der Waals surface area contributed by atoms with Gasteiger partial charge in [0.05, 0.1) is 17.2 Å². The van der Waals surface area contributed by atoms with E-state index in [1.165, 1.54) is 11.8 Å². The molecule has 1 fully saturated rings. The van der Waals surface area contributed by atoms with Crippen LogP contribution in [0.5, 0.6) is 0 Å². The first-order valence-corrected chi connectivity index (χ1v) is 12.5. The maximum absolute atomic E-state index is 13.4. The molecule has 0 aromatic carbocycles. The van der Waals surface area contributed by atoms with Crippen molar-refractivity contribution in [3.05, 3.63) is 43.2 Å². The summed E-state index contributed by atoms with van der Waals surface area (Å²) in [6.07, 6.45) is 4.28. The molecule has 29 heavy (non-hydrogen) atoms. The first-order chi connectivity index (χ1) is 14.0. The molecule has 1 N–H and O–H groups in total. The zero-order chi connectivity index (χ0) is 20.5. The van der Waals surface area contributed by atoms with Crippen LogP contribution in [0.3, 0.4) is 0 Å². The number of nitrogens with zero attached hydrogens (tertiary/aromatic N) is 2. The van der Waals surface area contributed by atoms with Crippen molar-refractivity contribution in [2.75, 3.05) is 0 Å². The Labute approximate surface area is 182 Å². The Morgan fingerprint density at radius 1 is 1.38 bits per heavy atom. The van der Waals surface area contributed by atoms with E-state index in [1.807, 2.05) is 42.9 Å². The van der Waals surface area contributed by atoms with Gasteiger partial charge in [0.1, 0.15) is 4.83 Å². The monoisotopic (exact) mass is 447 g/mol. The first kappa shape index (κ1) is 20.6. The van der Waals surface area contributed by atoms with Gasteiger partial charge in [-0.3, -0.25) is 14.2 Å². The summed E-state index contributed by atoms with van der Waals surface area (Å²) in [6.45, 7) is 6.46. The molecule has 1 aliphatic rings. The number of aryl methyl sites for hydroxylation is 2. The average Bonchev–Trinajstić information content (AvgIpc) is 3.43. The summed E-state index contributed by atoms with van der Waals surface area (Å²) in [6, 6.07) is 4.18. The molecule has 154 valence electrons. The second kappa shape index (κ2) is 8.62. The van der Waals surface area contributed by atoms with Crippen LogP contribution < -0.4 is 10.9 Å². The molecule has 4 rings (SSSR count). The van der Waals surface area contributed by atoms with Gasteiger partial charge in [-0.2, -0.15) is 0 Å². The minimum absolute atomic E-state index is 0.0331. The molecule has 1 amide bonds. The minimum atomic E-state index is -0.325. The van der Waals surface area contributed by atoms with Crippen molar-refractivity contribution in [2.45, 2.75) is 69.4 Å². The van der Waals surface area contributed by atoms with Crippen LogP contribution in [-0.2, 0) is 11.3 Å². The van der Waals surface area contributed by atoms with Gasteiger partial charge in [-0.05, 0) is 50.6 Å². The van der Waals surface area contributed by atoms with Gasteiger partial charge in [0, 0.05) is 15.8 Å². The quantitative estimate of drug-likeness (QED) is 0.424. The smallest absolute Gasteiger partial charge is 0.263 e. The van der Waals surface area contributed by atoms with Gasteiger partial charge < -0.3 is 5.32 Å². The van der Waals surface area contributed by atoms with Crippen molar-refractivity contribution in [1.82, 2.24) is 14.9 Å². The molecule has 1 aliphatic carbocycles. The predicted octanol–water partition coefficient (Wildman–Crippen LogP) is 5.05. The van der Waals surface area contributed by atoms with Crippen LogP contribution in [0, 0.1) is 13.8 Å². The highest BCUT2D eigenvalue weighted by molar-refractivity contribution is 8.00. The largest absolute Gasteiger partial charge is 0.350 e. The molecule has 0 bridgehead atoms. The summed E-state index contributed by atoms with van der Waals surface area (Å²) in [4.78, 5) is 34.0. The Balaban J connectivity index is 1.63. The van der Waals surface area contributed by atoms with E-state index in [9.17, 15) is 9.59 Å². The topological polar surface area (TPSA) is 64.0 Å². The van der Waals surface area contributed by atoms with Crippen LogP contribution in [0.25, 0.3) is 10.2 Å². The maximum atomic E-state index is 13.4. The molecule has 5 nitrogen and oxygen atoms in total. The highest BCUT2D eigenvalue weighted by atomic mass is 32.2. The molecular weight excluding hydrogens is 422 g/mol. The van der Waals surface area contributed by atoms with E-state index < -0.39 is 0 Å². The highest BCUT2D eigenvalue weighted by Crippen LogP contribution is 2.35. The van der Waals surface area contributed by atoms with Crippen molar-refractivity contribution >= 4 is 50.6 Å². The fourth-order valence-electron chi connectivity index (χ4n) is 3.80. The number of hydrogen-bond acceptors (Lipinski definition) is 6. The lowest BCUT2D eigenvalue weighted by molar-refractivity contribution is -0.120. The molecule has 0 spiro atoms. The second-order valence-electron chi connectivity index (χ2n) is 7.53. The summed E-state index contributed by atoms with van der Waals surface area (Å²) in [5.41, 5.74) is 1.09. The zero-order valence-electron chi connectivity index (χ0n) is 16.9. The highest BCUT2D eigenvalue weighted by Gasteiger charge is 2.27. The van der Waals surface area contributed by atoms with Crippen LogP contribution in [0.2, 0.25) is 0 Å². The lowest BCUT2D eigenvalue weighted by Crippen LogP contribution is -2.32. The number of thioether (sulfide) groups is 1. The van der Waals surface area contributed by atoms with Gasteiger partial charge in [-0.15, -0.1) is 22.7 Å². The number of nitrogens with one attached hydrogen (secondary N) is 1. The minimum Gasteiger partial charge on any atom is -0.350 e. The molecule has 1 saturated carbocycles. The fourth-order valence-corrected chi connectivity index (χ4v) is 6.52. The average molecular weight is 448 g/mol. The predicted molar refractivity (Wildman–Crippen MR) is 122 cm³/mol. The lowest BCUT2D eigenvalue weighted by atomic mass is 10.2. The molecule has 8 heteroatoms. The van der Waals surface area contributed by atoms with Gasteiger partial charge in [0.25, 0.3) is 5.56 Å². The van der Waals surface area contributed by atoms with E-state index in [-0.39, 0.29) is 22.8 Å². The van der Waals surface area contributed by atoms with E-state index in [0.29, 0.717) is 11.7 Å². The molecule has 3 aromatic heterocycles. The molecule has 0 saturated heterocycles. The van der Waals surface area contributed by atoms with Gasteiger partial charge in [0.2, 0.25) is 5.91 Å². The number of amides is 1. The van der Waals surface area contributed by atoms with Gasteiger partial charge in [-0.25, -0.2) is 4.98 Å². The van der Waals surface area contributed by atoms with Crippen molar-refractivity contribution in [3.63, 3.8) is 0 Å². The van der Waals surface area contributed by atoms with E-state index in [1.54, 1.807) is 22.7 Å². The summed E-state index contributed by atoms with van der Waals surface area (Å²) in [5.74, 6) is -0.0331. The number of carbonyl (C=O) groups excluding carboxylic acids is 1. The van der Waals surface area contributed by atoms with Crippen LogP contribution >= 0.6 is 34.4 Å². The summed E-state index contributed by atoms with van der Waals surface area (Å²) in [5, 5.41) is 6.10. The fraction of sp³-hybridized carbons (Fsp3) is 0.476. The first-order valence-electron chi connectivity index (χ1n) is 9.94. The SMILES string of the molecule is Cc1sc2nc(SC(C)C(=O)NCc3cccs3)n(C3CCCC3)c(=O)c2c1C. The van der Waals surface area contributed by atoms with Crippen molar-refractivity contribution < 1.29 is 4.79 Å². The standard InChI is InChI=1S/C21H25N3O2S3/c1-12-13(2)28-19-17(12)20(26)24(15-7-4-5-8-15)21(23-19)29-14(3)18(25)22-11-16-9-6-10-27-16/h6,9-10,14-15H,4-5,7-8,11H2,1-3H3,(H,22,25). The summed E-state index contributed by atoms with van der Waals surface area (Å²) < 4.78 is 1.88. The van der Waals surface area contributed by atoms with Crippen LogP contribution in [0.15, 0.2) is 27.5 Å². The third-order valence-corrected chi connectivity index (χ3v) is 8.60. The van der Waals surface area contributed by atoms with E-state index in [2.05, 4.69) is 5.32 Å². The number of fused-ring (bicyclic) bond motifs is 1. The lowest BCUT2D eigenvalue weighted by Gasteiger charge is -2.20. The summed E-state index contributed by atoms with van der Waals surface area (Å²) >= 11 is 4.59. The number of hydrogen-bond donors (Lipinski definition) is 1. The zero-order valence-corrected chi connectivity index (χ0v) is 19.3. The van der Waals surface area contributed by atoms with Crippen molar-refractivity contribution in [3.8, 4) is 0 Å². The van der Waals surface area contributed by atoms with Crippen molar-refractivity contribution in [1.29, 1.82) is 0 Å². The molecule has 1 unspecified atom stereocenters. The van der Waals surface area contributed by atoms with Crippen LogP contribution in [0.4, 0.5) is 0 Å². The van der Waals surface area contributed by atoms with Gasteiger partial charge >= 0.3 is 0 Å². The number of aromatic nitrogens is 2. The van der Waals surface area contributed by atoms with Crippen molar-refractivity contribution in [2.24, 2.45) is 0 Å². The normalized spacial score (nSPS) is 15.8. The molecule has 3 aromatic rings. The molecular formula is C21H25N3O2S3. The third kappa shape index (κ3) is 4.15. The van der Waals surface area contributed by atoms with Crippen LogP contribution in [0.1, 0.15) is 54.0 Å². The molecule has 0 radical (unpaired) electrons. The Hall–Kier alpha value is -1.64. The Morgan fingerprint density at radius 3 is 2.83 bits per heavy atom. The Bertz CT molecular complexity index is 1080. The van der Waals surface area contributed by atoms with Crippen LogP contribution in [-0.4, -0.2) is 20.7 Å². The number of rotatable bonds is 6. The number of carbonyl (C=O) groups is 1. The van der Waals surface area contributed by atoms with E-state index in [4.69, 9.17) is 4.98 Å². The van der Waals surface area contributed by atoms with Gasteiger partial charge in [0.15, 0.2) is 5.16 Å².